The number of likely N-dealkylation sites (N-methyl/N-ethyl adjacent to an activating group) is 1. The van der Waals surface area contributed by atoms with Crippen molar-refractivity contribution in [2.75, 3.05) is 40.9 Å². The summed E-state index contributed by atoms with van der Waals surface area (Å²) in [6.45, 7) is 4.52. The van der Waals surface area contributed by atoms with Crippen LogP contribution in [0.1, 0.15) is 303 Å². The zero-order valence-electron chi connectivity index (χ0n) is 56.0. The molecule has 0 radical (unpaired) electrons. The Labute approximate surface area is 526 Å². The van der Waals surface area contributed by atoms with Gasteiger partial charge in [-0.05, 0) is 103 Å². The van der Waals surface area contributed by atoms with Crippen LogP contribution in [0.25, 0.3) is 0 Å². The monoisotopic (exact) mass is 1200 g/mol. The summed E-state index contributed by atoms with van der Waals surface area (Å²) in [6.07, 6.45) is 97.6. The van der Waals surface area contributed by atoms with Gasteiger partial charge in [0.15, 0.2) is 0 Å². The highest BCUT2D eigenvalue weighted by molar-refractivity contribution is 7.45. The van der Waals surface area contributed by atoms with Crippen LogP contribution in [0, 0.1) is 0 Å². The van der Waals surface area contributed by atoms with E-state index in [4.69, 9.17) is 9.05 Å². The molecule has 0 fully saturated rings. The number of phosphoric acid groups is 1. The zero-order valence-corrected chi connectivity index (χ0v) is 56.9. The first-order valence-corrected chi connectivity index (χ1v) is 36.9. The number of quaternary nitrogens is 1. The Morgan fingerprint density at radius 3 is 1.09 bits per heavy atom. The summed E-state index contributed by atoms with van der Waals surface area (Å²) >= 11 is 0. The van der Waals surface area contributed by atoms with E-state index in [0.717, 1.165) is 103 Å². The maximum absolute atomic E-state index is 13.0. The summed E-state index contributed by atoms with van der Waals surface area (Å²) in [7, 11) is 1.22. The molecule has 0 saturated heterocycles. The number of nitrogens with zero attached hydrogens (tertiary/aromatic N) is 1. The molecule has 3 unspecified atom stereocenters. The standard InChI is InChI=1S/C76H135N2O6P/c1-6-8-10-12-14-16-18-20-22-24-26-28-30-32-34-36-38-40-41-43-45-47-49-51-53-55-57-59-61-63-65-67-69-75(79)74(73-84-85(81,82)83-72-71-78(3,4)5)77-76(80)70-68-66-64-62-60-58-56-54-52-50-48-46-44-42-39-37-35-33-31-29-27-25-23-21-19-17-15-13-11-9-7-2/h9,11,15,17,21,23,27,29,33,35,39,42,46,48,51,53,59,61,67,69,74-75,79H,6-8,10,12-14,16,18-20,22,24-26,28,30-32,34,36-38,40-41,43-45,47,49-50,52,54-58,60,62-66,68,70-73H2,1-5H3,(H-,77,80,81,82)/b11-9-,17-15-,23-21-,29-27-,35-33-,42-39-,48-46-,53-51+,61-59+,69-67+. The topological polar surface area (TPSA) is 108 Å². The molecule has 0 aromatic rings. The smallest absolute Gasteiger partial charge is 0.268 e. The summed E-state index contributed by atoms with van der Waals surface area (Å²) < 4.78 is 23.4. The van der Waals surface area contributed by atoms with E-state index < -0.39 is 26.6 Å². The van der Waals surface area contributed by atoms with Gasteiger partial charge in [0, 0.05) is 6.42 Å². The third-order valence-corrected chi connectivity index (χ3v) is 16.3. The lowest BCUT2D eigenvalue weighted by molar-refractivity contribution is -0.870. The average molecular weight is 1200 g/mol. The average Bonchev–Trinajstić information content (AvgIpc) is 3.49. The minimum Gasteiger partial charge on any atom is -0.756 e. The lowest BCUT2D eigenvalue weighted by Crippen LogP contribution is -2.45. The van der Waals surface area contributed by atoms with Gasteiger partial charge in [-0.3, -0.25) is 9.36 Å². The van der Waals surface area contributed by atoms with Crippen LogP contribution >= 0.6 is 7.82 Å². The number of hydrogen-bond donors (Lipinski definition) is 2. The quantitative estimate of drug-likeness (QED) is 0.0272. The number of unbranched alkanes of at least 4 members (excludes halogenated alkanes) is 33. The number of aliphatic hydroxyl groups excluding tert-OH is 1. The molecule has 490 valence electrons. The minimum atomic E-state index is -4.63. The van der Waals surface area contributed by atoms with Gasteiger partial charge in [-0.15, -0.1) is 0 Å². The third-order valence-electron chi connectivity index (χ3n) is 15.4. The van der Waals surface area contributed by atoms with Crippen molar-refractivity contribution in [2.45, 2.75) is 315 Å². The Morgan fingerprint density at radius 1 is 0.424 bits per heavy atom. The molecule has 0 aromatic carbocycles. The lowest BCUT2D eigenvalue weighted by atomic mass is 10.0. The first-order chi connectivity index (χ1) is 41.5. The van der Waals surface area contributed by atoms with Crippen LogP contribution in [0.3, 0.4) is 0 Å². The van der Waals surface area contributed by atoms with Crippen molar-refractivity contribution in [3.05, 3.63) is 122 Å². The number of amides is 1. The molecule has 2 N–H and O–H groups in total. The van der Waals surface area contributed by atoms with Crippen LogP contribution in [0.5, 0.6) is 0 Å². The predicted octanol–water partition coefficient (Wildman–Crippen LogP) is 22.2. The molecule has 0 saturated carbocycles. The lowest BCUT2D eigenvalue weighted by Gasteiger charge is -2.29. The molecular weight excluding hydrogens is 1070 g/mol. The van der Waals surface area contributed by atoms with Crippen molar-refractivity contribution in [1.82, 2.24) is 5.32 Å². The molecule has 0 rings (SSSR count). The number of nitrogens with one attached hydrogen (secondary N) is 1. The minimum absolute atomic E-state index is 0.0162. The van der Waals surface area contributed by atoms with Gasteiger partial charge < -0.3 is 28.8 Å². The fraction of sp³-hybridized carbons (Fsp3) is 0.724. The molecule has 0 aliphatic rings. The summed E-state index contributed by atoms with van der Waals surface area (Å²) in [5.74, 6) is -0.220. The molecule has 0 aliphatic heterocycles. The number of allylic oxidation sites excluding steroid dienone is 19. The van der Waals surface area contributed by atoms with Gasteiger partial charge in [-0.25, -0.2) is 0 Å². The molecule has 0 spiro atoms. The SMILES string of the molecule is CC/C=C\C/C=C\C/C=C\C/C=C\C/C=C\C/C=C\C/C=C\CCCCCCCCCCCC(=O)NC(COP(=O)([O-])OCC[N+](C)(C)C)C(O)/C=C/CC/C=C/CC/C=C/CCCCCCCCCCCCCCCCCCCCCCCC. The van der Waals surface area contributed by atoms with E-state index in [1.165, 1.54) is 180 Å². The molecule has 3 atom stereocenters. The van der Waals surface area contributed by atoms with E-state index in [0.29, 0.717) is 17.4 Å². The highest BCUT2D eigenvalue weighted by Crippen LogP contribution is 2.38. The second-order valence-corrected chi connectivity index (χ2v) is 26.2. The molecule has 0 heterocycles. The number of rotatable bonds is 64. The normalized spacial score (nSPS) is 14.4. The first kappa shape index (κ1) is 81.9. The summed E-state index contributed by atoms with van der Waals surface area (Å²) in [5, 5.41) is 13.9. The molecule has 85 heavy (non-hydrogen) atoms. The third kappa shape index (κ3) is 68.3. The van der Waals surface area contributed by atoms with Crippen LogP contribution in [0.4, 0.5) is 0 Å². The van der Waals surface area contributed by atoms with E-state index in [1.807, 2.05) is 27.2 Å². The number of phosphoric ester groups is 1. The highest BCUT2D eigenvalue weighted by Gasteiger charge is 2.23. The number of hydrogen-bond acceptors (Lipinski definition) is 6. The van der Waals surface area contributed by atoms with Crippen molar-refractivity contribution in [2.24, 2.45) is 0 Å². The van der Waals surface area contributed by atoms with Crippen molar-refractivity contribution >= 4 is 13.7 Å². The van der Waals surface area contributed by atoms with Crippen molar-refractivity contribution < 1.29 is 32.9 Å². The number of aliphatic hydroxyl groups is 1. The highest BCUT2D eigenvalue weighted by atomic mass is 31.2. The predicted molar refractivity (Wildman–Crippen MR) is 371 cm³/mol. The Balaban J connectivity index is 4.19. The van der Waals surface area contributed by atoms with Crippen molar-refractivity contribution in [3.8, 4) is 0 Å². The molecule has 0 aliphatic carbocycles. The summed E-state index contributed by atoms with van der Waals surface area (Å²) in [5.41, 5.74) is 0. The Kier molecular flexibility index (Phi) is 63.0. The van der Waals surface area contributed by atoms with Gasteiger partial charge in [-0.1, -0.05) is 315 Å². The molecule has 9 heteroatoms. The summed E-state index contributed by atoms with van der Waals surface area (Å²) in [6, 6.07) is -0.924. The molecule has 0 aromatic heterocycles. The zero-order chi connectivity index (χ0) is 61.9. The van der Waals surface area contributed by atoms with Crippen LogP contribution < -0.4 is 10.2 Å². The van der Waals surface area contributed by atoms with Gasteiger partial charge in [0.2, 0.25) is 5.91 Å². The van der Waals surface area contributed by atoms with Gasteiger partial charge in [0.05, 0.1) is 39.9 Å². The van der Waals surface area contributed by atoms with Crippen LogP contribution in [-0.2, 0) is 18.4 Å². The van der Waals surface area contributed by atoms with E-state index in [1.54, 1.807) is 6.08 Å². The van der Waals surface area contributed by atoms with Crippen LogP contribution in [0.2, 0.25) is 0 Å². The fourth-order valence-corrected chi connectivity index (χ4v) is 10.7. The Bertz CT molecular complexity index is 1800. The van der Waals surface area contributed by atoms with Gasteiger partial charge in [-0.2, -0.15) is 0 Å². The largest absolute Gasteiger partial charge is 0.756 e. The molecular formula is C76H135N2O6P. The van der Waals surface area contributed by atoms with Crippen LogP contribution in [-0.4, -0.2) is 68.5 Å². The maximum Gasteiger partial charge on any atom is 0.268 e. The molecule has 0 bridgehead atoms. The van der Waals surface area contributed by atoms with Crippen molar-refractivity contribution in [1.29, 1.82) is 0 Å². The van der Waals surface area contributed by atoms with Gasteiger partial charge >= 0.3 is 0 Å². The van der Waals surface area contributed by atoms with Crippen LogP contribution in [0.15, 0.2) is 122 Å². The second kappa shape index (κ2) is 65.3. The molecule has 1 amide bonds. The fourth-order valence-electron chi connectivity index (χ4n) is 9.93. The van der Waals surface area contributed by atoms with Crippen molar-refractivity contribution in [3.63, 3.8) is 0 Å². The van der Waals surface area contributed by atoms with E-state index in [9.17, 15) is 19.4 Å². The Hall–Kier alpha value is -3.10. The Morgan fingerprint density at radius 2 is 0.729 bits per heavy atom. The van der Waals surface area contributed by atoms with E-state index in [-0.39, 0.29) is 12.5 Å². The maximum atomic E-state index is 13.0. The molecule has 8 nitrogen and oxygen atoms in total. The second-order valence-electron chi connectivity index (χ2n) is 24.8. The number of carbonyl (C=O) groups excluding carboxylic acids is 1. The van der Waals surface area contributed by atoms with Gasteiger partial charge in [0.1, 0.15) is 13.2 Å². The van der Waals surface area contributed by atoms with Gasteiger partial charge in [0.25, 0.3) is 7.82 Å². The first-order valence-electron chi connectivity index (χ1n) is 35.4. The van der Waals surface area contributed by atoms with E-state index in [2.05, 4.69) is 129 Å². The number of carbonyl (C=O) groups is 1. The van der Waals surface area contributed by atoms with E-state index >= 15 is 0 Å². The summed E-state index contributed by atoms with van der Waals surface area (Å²) in [4.78, 5) is 25.6.